The second-order valence-corrected chi connectivity index (χ2v) is 8.02. The predicted molar refractivity (Wildman–Crippen MR) is 82.8 cm³/mol. The van der Waals surface area contributed by atoms with E-state index in [1.54, 1.807) is 4.31 Å². The lowest BCUT2D eigenvalue weighted by Gasteiger charge is -2.24. The molecule has 116 valence electrons. The Morgan fingerprint density at radius 1 is 1.00 bits per heavy atom. The van der Waals surface area contributed by atoms with E-state index < -0.39 is 10.0 Å². The summed E-state index contributed by atoms with van der Waals surface area (Å²) in [6.45, 7) is 13.2. The molecule has 0 bridgehead atoms. The van der Waals surface area contributed by atoms with Gasteiger partial charge in [0.15, 0.2) is 0 Å². The lowest BCUT2D eigenvalue weighted by Crippen LogP contribution is -2.38. The van der Waals surface area contributed by atoms with Crippen LogP contribution in [-0.4, -0.2) is 44.7 Å². The van der Waals surface area contributed by atoms with Crippen LogP contribution in [0.4, 0.5) is 0 Å². The highest BCUT2D eigenvalue weighted by atomic mass is 32.2. The van der Waals surface area contributed by atoms with Gasteiger partial charge >= 0.3 is 0 Å². The average Bonchev–Trinajstić information content (AvgIpc) is 2.27. The zero-order valence-electron chi connectivity index (χ0n) is 13.3. The lowest BCUT2D eigenvalue weighted by atomic mass is 10.1. The summed E-state index contributed by atoms with van der Waals surface area (Å²) in [6, 6.07) is 0. The van der Waals surface area contributed by atoms with Crippen LogP contribution in [0.1, 0.15) is 47.5 Å². The predicted octanol–water partition coefficient (Wildman–Crippen LogP) is 2.32. The Hall–Kier alpha value is -0.130. The van der Waals surface area contributed by atoms with Crippen molar-refractivity contribution >= 4 is 10.0 Å². The zero-order chi connectivity index (χ0) is 14.9. The van der Waals surface area contributed by atoms with Crippen molar-refractivity contribution in [2.24, 2.45) is 11.8 Å². The Balaban J connectivity index is 4.50. The van der Waals surface area contributed by atoms with Crippen molar-refractivity contribution in [1.29, 1.82) is 0 Å². The van der Waals surface area contributed by atoms with Crippen LogP contribution in [0.15, 0.2) is 0 Å². The summed E-state index contributed by atoms with van der Waals surface area (Å²) in [5, 5.41) is 3.08. The van der Waals surface area contributed by atoms with E-state index in [0.717, 1.165) is 19.4 Å². The number of hydrogen-bond donors (Lipinski definition) is 1. The maximum atomic E-state index is 12.3. The molecule has 0 aliphatic rings. The average molecular weight is 292 g/mol. The molecule has 0 aliphatic carbocycles. The fourth-order valence-corrected chi connectivity index (χ4v) is 3.13. The minimum atomic E-state index is -3.12. The molecule has 0 amide bonds. The standard InChI is InChI=1S/C14H32N2O2S/c1-6-15-9-12-19(17,18)16(10-7-13(2)3)11-8-14(4)5/h13-15H,6-12H2,1-5H3. The van der Waals surface area contributed by atoms with Gasteiger partial charge in [-0.2, -0.15) is 0 Å². The Kier molecular flexibility index (Phi) is 9.66. The molecule has 0 heterocycles. The summed E-state index contributed by atoms with van der Waals surface area (Å²) in [5.74, 6) is 1.27. The van der Waals surface area contributed by atoms with Gasteiger partial charge in [0.25, 0.3) is 0 Å². The molecular formula is C14H32N2O2S. The molecule has 0 saturated carbocycles. The second-order valence-electron chi connectivity index (χ2n) is 5.93. The third-order valence-electron chi connectivity index (χ3n) is 3.09. The van der Waals surface area contributed by atoms with Gasteiger partial charge in [0.05, 0.1) is 5.75 Å². The Labute approximate surface area is 120 Å². The number of rotatable bonds is 11. The van der Waals surface area contributed by atoms with E-state index in [2.05, 4.69) is 33.0 Å². The van der Waals surface area contributed by atoms with Gasteiger partial charge in [-0.05, 0) is 31.2 Å². The summed E-state index contributed by atoms with van der Waals surface area (Å²) >= 11 is 0. The Bertz CT molecular complexity index is 301. The molecule has 0 fully saturated rings. The number of nitrogens with one attached hydrogen (secondary N) is 1. The van der Waals surface area contributed by atoms with Gasteiger partial charge in [0, 0.05) is 19.6 Å². The molecule has 0 rings (SSSR count). The maximum Gasteiger partial charge on any atom is 0.215 e. The van der Waals surface area contributed by atoms with Gasteiger partial charge in [-0.1, -0.05) is 34.6 Å². The molecule has 4 nitrogen and oxygen atoms in total. The third-order valence-corrected chi connectivity index (χ3v) is 4.96. The minimum absolute atomic E-state index is 0.205. The smallest absolute Gasteiger partial charge is 0.215 e. The van der Waals surface area contributed by atoms with E-state index in [0.29, 0.717) is 31.5 Å². The summed E-state index contributed by atoms with van der Waals surface area (Å²) < 4.78 is 26.3. The fourth-order valence-electron chi connectivity index (χ4n) is 1.70. The molecule has 0 unspecified atom stereocenters. The highest BCUT2D eigenvalue weighted by Gasteiger charge is 2.21. The van der Waals surface area contributed by atoms with Crippen molar-refractivity contribution < 1.29 is 8.42 Å². The molecule has 0 aromatic heterocycles. The molecule has 0 saturated heterocycles. The summed E-state index contributed by atoms with van der Waals surface area (Å²) in [4.78, 5) is 0. The van der Waals surface area contributed by atoms with Gasteiger partial charge in [-0.25, -0.2) is 12.7 Å². The van der Waals surface area contributed by atoms with Crippen molar-refractivity contribution in [3.8, 4) is 0 Å². The highest BCUT2D eigenvalue weighted by Crippen LogP contribution is 2.11. The van der Waals surface area contributed by atoms with E-state index in [1.165, 1.54) is 0 Å². The molecule has 0 atom stereocenters. The number of nitrogens with zero attached hydrogens (tertiary/aromatic N) is 1. The van der Waals surface area contributed by atoms with Crippen molar-refractivity contribution in [3.05, 3.63) is 0 Å². The van der Waals surface area contributed by atoms with Crippen LogP contribution >= 0.6 is 0 Å². The summed E-state index contributed by atoms with van der Waals surface area (Å²) in [7, 11) is -3.12. The van der Waals surface area contributed by atoms with E-state index in [9.17, 15) is 8.42 Å². The van der Waals surface area contributed by atoms with Crippen LogP contribution in [0.25, 0.3) is 0 Å². The van der Waals surface area contributed by atoms with Gasteiger partial charge in [-0.15, -0.1) is 0 Å². The number of sulfonamides is 1. The normalized spacial score (nSPS) is 12.8. The molecule has 5 heteroatoms. The molecule has 0 spiro atoms. The van der Waals surface area contributed by atoms with Crippen LogP contribution in [0.2, 0.25) is 0 Å². The topological polar surface area (TPSA) is 49.4 Å². The lowest BCUT2D eigenvalue weighted by molar-refractivity contribution is 0.357. The van der Waals surface area contributed by atoms with Gasteiger partial charge in [0.1, 0.15) is 0 Å². The first-order valence-electron chi connectivity index (χ1n) is 7.48. The highest BCUT2D eigenvalue weighted by molar-refractivity contribution is 7.89. The van der Waals surface area contributed by atoms with Gasteiger partial charge in [-0.3, -0.25) is 0 Å². The minimum Gasteiger partial charge on any atom is -0.316 e. The van der Waals surface area contributed by atoms with Crippen molar-refractivity contribution in [3.63, 3.8) is 0 Å². The van der Waals surface area contributed by atoms with Crippen LogP contribution in [-0.2, 0) is 10.0 Å². The molecule has 0 aromatic carbocycles. The summed E-state index contributed by atoms with van der Waals surface area (Å²) in [5.41, 5.74) is 0. The Morgan fingerprint density at radius 3 is 1.84 bits per heavy atom. The first kappa shape index (κ1) is 18.9. The molecule has 0 radical (unpaired) electrons. The quantitative estimate of drug-likeness (QED) is 0.595. The van der Waals surface area contributed by atoms with Gasteiger partial charge in [0.2, 0.25) is 10.0 Å². The van der Waals surface area contributed by atoms with Crippen LogP contribution in [0, 0.1) is 11.8 Å². The molecule has 1 N–H and O–H groups in total. The maximum absolute atomic E-state index is 12.3. The number of hydrogen-bond acceptors (Lipinski definition) is 3. The van der Waals surface area contributed by atoms with E-state index in [1.807, 2.05) is 6.92 Å². The molecule has 0 aliphatic heterocycles. The van der Waals surface area contributed by atoms with Crippen molar-refractivity contribution in [2.75, 3.05) is 31.9 Å². The molecular weight excluding hydrogens is 260 g/mol. The van der Waals surface area contributed by atoms with Crippen LogP contribution in [0.5, 0.6) is 0 Å². The van der Waals surface area contributed by atoms with Crippen molar-refractivity contribution in [1.82, 2.24) is 9.62 Å². The molecule has 0 aromatic rings. The second kappa shape index (κ2) is 9.72. The van der Waals surface area contributed by atoms with Crippen molar-refractivity contribution in [2.45, 2.75) is 47.5 Å². The van der Waals surface area contributed by atoms with Gasteiger partial charge < -0.3 is 5.32 Å². The monoisotopic (exact) mass is 292 g/mol. The first-order valence-corrected chi connectivity index (χ1v) is 9.09. The Morgan fingerprint density at radius 2 is 1.47 bits per heavy atom. The van der Waals surface area contributed by atoms with E-state index in [-0.39, 0.29) is 5.75 Å². The largest absolute Gasteiger partial charge is 0.316 e. The van der Waals surface area contributed by atoms with E-state index >= 15 is 0 Å². The van der Waals surface area contributed by atoms with E-state index in [4.69, 9.17) is 0 Å². The van der Waals surface area contributed by atoms with Crippen LogP contribution < -0.4 is 5.32 Å². The fraction of sp³-hybridized carbons (Fsp3) is 1.00. The first-order chi connectivity index (χ1) is 8.79. The summed E-state index contributed by atoms with van der Waals surface area (Å²) in [6.07, 6.45) is 1.86. The molecule has 19 heavy (non-hydrogen) atoms. The SMILES string of the molecule is CCNCCS(=O)(=O)N(CCC(C)C)CCC(C)C. The zero-order valence-corrected chi connectivity index (χ0v) is 14.1. The third kappa shape index (κ3) is 9.41. The van der Waals surface area contributed by atoms with Crippen LogP contribution in [0.3, 0.4) is 0 Å².